The molecule has 1 aliphatic heterocycles. The summed E-state index contributed by atoms with van der Waals surface area (Å²) in [6.45, 7) is 2.98. The first-order valence-corrected chi connectivity index (χ1v) is 8.19. The Kier molecular flexibility index (Phi) is 6.67. The first-order valence-electron chi connectivity index (χ1n) is 7.81. The fraction of sp³-hybridized carbons (Fsp3) is 0.500. The number of benzene rings is 1. The maximum Gasteiger partial charge on any atom is 0.243 e. The quantitative estimate of drug-likeness (QED) is 0.472. The van der Waals surface area contributed by atoms with Gasteiger partial charge in [0.05, 0.1) is 0 Å². The fourth-order valence-corrected chi connectivity index (χ4v) is 2.85. The van der Waals surface area contributed by atoms with Crippen LogP contribution in [0.15, 0.2) is 24.3 Å². The Morgan fingerprint density at radius 3 is 2.48 bits per heavy atom. The highest BCUT2D eigenvalue weighted by Crippen LogP contribution is 2.21. The SMILES string of the molecule is O=C(CCCCC(=O)N1CCN(c2cccc(Cl)c2)CC1)NO. The first kappa shape index (κ1) is 17.6. The van der Waals surface area contributed by atoms with Crippen molar-refractivity contribution < 1.29 is 14.8 Å². The van der Waals surface area contributed by atoms with Crippen molar-refractivity contribution in [3.63, 3.8) is 0 Å². The van der Waals surface area contributed by atoms with E-state index in [1.165, 1.54) is 0 Å². The van der Waals surface area contributed by atoms with Crippen LogP contribution >= 0.6 is 11.6 Å². The van der Waals surface area contributed by atoms with Crippen molar-refractivity contribution in [2.75, 3.05) is 31.1 Å². The average Bonchev–Trinajstić information content (AvgIpc) is 2.58. The Hall–Kier alpha value is -1.79. The van der Waals surface area contributed by atoms with Crippen LogP contribution in [-0.2, 0) is 9.59 Å². The summed E-state index contributed by atoms with van der Waals surface area (Å²) in [6.07, 6.45) is 1.93. The molecule has 0 spiro atoms. The van der Waals surface area contributed by atoms with Crippen molar-refractivity contribution in [2.24, 2.45) is 0 Å². The lowest BCUT2D eigenvalue weighted by molar-refractivity contribution is -0.132. The number of unbranched alkanes of at least 4 members (excludes halogenated alkanes) is 1. The molecule has 23 heavy (non-hydrogen) atoms. The summed E-state index contributed by atoms with van der Waals surface area (Å²) < 4.78 is 0. The van der Waals surface area contributed by atoms with Crippen molar-refractivity contribution in [1.82, 2.24) is 10.4 Å². The third kappa shape index (κ3) is 5.41. The molecule has 0 saturated carbocycles. The maximum absolute atomic E-state index is 12.1. The van der Waals surface area contributed by atoms with E-state index in [0.29, 0.717) is 37.4 Å². The van der Waals surface area contributed by atoms with E-state index < -0.39 is 5.91 Å². The monoisotopic (exact) mass is 339 g/mol. The summed E-state index contributed by atoms with van der Waals surface area (Å²) >= 11 is 6.01. The normalized spacial score (nSPS) is 14.7. The van der Waals surface area contributed by atoms with Gasteiger partial charge in [0.2, 0.25) is 11.8 Å². The predicted octanol–water partition coefficient (Wildman–Crippen LogP) is 2.05. The number of hydrogen-bond acceptors (Lipinski definition) is 4. The number of halogens is 1. The highest BCUT2D eigenvalue weighted by Gasteiger charge is 2.21. The zero-order valence-corrected chi connectivity index (χ0v) is 13.8. The number of carbonyl (C=O) groups is 2. The van der Waals surface area contributed by atoms with Crippen LogP contribution < -0.4 is 10.4 Å². The molecule has 1 aromatic rings. The van der Waals surface area contributed by atoms with Gasteiger partial charge in [-0.25, -0.2) is 5.48 Å². The van der Waals surface area contributed by atoms with Gasteiger partial charge in [-0.15, -0.1) is 0 Å². The molecule has 6 nitrogen and oxygen atoms in total. The molecule has 0 unspecified atom stereocenters. The van der Waals surface area contributed by atoms with E-state index in [0.717, 1.165) is 18.8 Å². The predicted molar refractivity (Wildman–Crippen MR) is 88.6 cm³/mol. The van der Waals surface area contributed by atoms with Gasteiger partial charge in [0.15, 0.2) is 0 Å². The number of nitrogens with zero attached hydrogens (tertiary/aromatic N) is 2. The van der Waals surface area contributed by atoms with Gasteiger partial charge in [-0.3, -0.25) is 14.8 Å². The summed E-state index contributed by atoms with van der Waals surface area (Å²) in [7, 11) is 0. The van der Waals surface area contributed by atoms with E-state index in [9.17, 15) is 9.59 Å². The highest BCUT2D eigenvalue weighted by molar-refractivity contribution is 6.30. The van der Waals surface area contributed by atoms with Crippen molar-refractivity contribution in [3.8, 4) is 0 Å². The second-order valence-corrected chi connectivity index (χ2v) is 6.03. The van der Waals surface area contributed by atoms with Gasteiger partial charge < -0.3 is 9.80 Å². The van der Waals surface area contributed by atoms with Crippen molar-refractivity contribution >= 4 is 29.1 Å². The first-order chi connectivity index (χ1) is 11.1. The van der Waals surface area contributed by atoms with Crippen molar-refractivity contribution in [3.05, 3.63) is 29.3 Å². The maximum atomic E-state index is 12.1. The second-order valence-electron chi connectivity index (χ2n) is 5.59. The summed E-state index contributed by atoms with van der Waals surface area (Å²) in [4.78, 5) is 27.1. The number of carbonyl (C=O) groups excluding carboxylic acids is 2. The van der Waals surface area contributed by atoms with Gasteiger partial charge in [-0.05, 0) is 31.0 Å². The number of anilines is 1. The van der Waals surface area contributed by atoms with Crippen LogP contribution in [0.4, 0.5) is 5.69 Å². The van der Waals surface area contributed by atoms with Gasteiger partial charge in [-0.2, -0.15) is 0 Å². The molecule has 0 aromatic heterocycles. The van der Waals surface area contributed by atoms with E-state index in [4.69, 9.17) is 16.8 Å². The molecular formula is C16H22ClN3O3. The molecule has 2 amide bonds. The zero-order valence-electron chi connectivity index (χ0n) is 13.0. The fourth-order valence-electron chi connectivity index (χ4n) is 2.66. The summed E-state index contributed by atoms with van der Waals surface area (Å²) in [5.74, 6) is -0.285. The van der Waals surface area contributed by atoms with E-state index in [2.05, 4.69) is 4.90 Å². The van der Waals surface area contributed by atoms with Gasteiger partial charge in [-0.1, -0.05) is 17.7 Å². The molecule has 1 aliphatic rings. The van der Waals surface area contributed by atoms with Gasteiger partial charge in [0.25, 0.3) is 0 Å². The average molecular weight is 340 g/mol. The van der Waals surface area contributed by atoms with Gasteiger partial charge in [0, 0.05) is 49.7 Å². The lowest BCUT2D eigenvalue weighted by Crippen LogP contribution is -2.48. The molecule has 0 atom stereocenters. The molecule has 1 saturated heterocycles. The Labute approximate surface area is 141 Å². The minimum absolute atomic E-state index is 0.125. The Morgan fingerprint density at radius 1 is 1.13 bits per heavy atom. The second kappa shape index (κ2) is 8.74. The third-order valence-corrected chi connectivity index (χ3v) is 4.21. The highest BCUT2D eigenvalue weighted by atomic mass is 35.5. The van der Waals surface area contributed by atoms with Crippen LogP contribution in [-0.4, -0.2) is 48.1 Å². The number of rotatable bonds is 6. The number of hydrogen-bond donors (Lipinski definition) is 2. The molecule has 2 rings (SSSR count). The topological polar surface area (TPSA) is 72.9 Å². The molecule has 0 radical (unpaired) electrons. The lowest BCUT2D eigenvalue weighted by atomic mass is 10.1. The molecule has 126 valence electrons. The van der Waals surface area contributed by atoms with Gasteiger partial charge in [0.1, 0.15) is 0 Å². The largest absolute Gasteiger partial charge is 0.368 e. The van der Waals surface area contributed by atoms with E-state index in [1.54, 1.807) is 5.48 Å². The standard InChI is InChI=1S/C16H22ClN3O3/c17-13-4-3-5-14(12-13)19-8-10-20(11-9-19)16(22)7-2-1-6-15(21)18-23/h3-5,12,23H,1-2,6-11H2,(H,18,21). The lowest BCUT2D eigenvalue weighted by Gasteiger charge is -2.36. The summed E-state index contributed by atoms with van der Waals surface area (Å²) in [5, 5.41) is 9.11. The molecule has 0 aliphatic carbocycles. The number of nitrogens with one attached hydrogen (secondary N) is 1. The molecule has 7 heteroatoms. The summed E-state index contributed by atoms with van der Waals surface area (Å²) in [5.41, 5.74) is 2.67. The van der Waals surface area contributed by atoms with Crippen LogP contribution in [0.3, 0.4) is 0 Å². The summed E-state index contributed by atoms with van der Waals surface area (Å²) in [6, 6.07) is 7.74. The van der Waals surface area contributed by atoms with Gasteiger partial charge >= 0.3 is 0 Å². The Balaban J connectivity index is 1.71. The van der Waals surface area contributed by atoms with Crippen LogP contribution in [0.25, 0.3) is 0 Å². The van der Waals surface area contributed by atoms with Crippen LogP contribution in [0, 0.1) is 0 Å². The minimum atomic E-state index is -0.410. The molecule has 1 fully saturated rings. The third-order valence-electron chi connectivity index (χ3n) is 3.97. The smallest absolute Gasteiger partial charge is 0.243 e. The number of hydroxylamine groups is 1. The molecule has 1 heterocycles. The Bertz CT molecular complexity index is 545. The zero-order chi connectivity index (χ0) is 16.7. The van der Waals surface area contributed by atoms with E-state index in [1.807, 2.05) is 29.2 Å². The van der Waals surface area contributed by atoms with E-state index in [-0.39, 0.29) is 12.3 Å². The molecule has 2 N–H and O–H groups in total. The number of piperazine rings is 1. The van der Waals surface area contributed by atoms with Crippen LogP contribution in [0.5, 0.6) is 0 Å². The Morgan fingerprint density at radius 2 is 1.83 bits per heavy atom. The minimum Gasteiger partial charge on any atom is -0.368 e. The van der Waals surface area contributed by atoms with Crippen molar-refractivity contribution in [1.29, 1.82) is 0 Å². The van der Waals surface area contributed by atoms with Crippen LogP contribution in [0.2, 0.25) is 5.02 Å². The van der Waals surface area contributed by atoms with Crippen LogP contribution in [0.1, 0.15) is 25.7 Å². The van der Waals surface area contributed by atoms with Crippen molar-refractivity contribution in [2.45, 2.75) is 25.7 Å². The molecular weight excluding hydrogens is 318 g/mol. The molecule has 1 aromatic carbocycles. The van der Waals surface area contributed by atoms with E-state index >= 15 is 0 Å². The number of amides is 2. The molecule has 0 bridgehead atoms.